The van der Waals surface area contributed by atoms with E-state index in [1.165, 1.54) is 44.5 Å². The van der Waals surface area contributed by atoms with E-state index in [-0.39, 0.29) is 72.9 Å². The van der Waals surface area contributed by atoms with Crippen LogP contribution in [0, 0.1) is 0 Å². The van der Waals surface area contributed by atoms with E-state index in [0.717, 1.165) is 178 Å². The minimum Gasteiger partial charge on any atom is -0.456 e. The zero-order chi connectivity index (χ0) is 96.8. The minimum absolute atomic E-state index is 0.0912. The highest BCUT2D eigenvalue weighted by Crippen LogP contribution is 2.58. The molecule has 5 nitrogen and oxygen atoms in total. The monoisotopic (exact) mass is 1730 g/mol. The second-order valence-corrected chi connectivity index (χ2v) is 47.2. The predicted octanol–water partition coefficient (Wildman–Crippen LogP) is 34.3. The second kappa shape index (κ2) is 30.5. The summed E-state index contributed by atoms with van der Waals surface area (Å²) in [4.78, 5) is 5.31. The number of fused-ring (bicyclic) bond motifs is 13. The van der Waals surface area contributed by atoms with Gasteiger partial charge in [0.05, 0.1) is 33.6 Å². The Hall–Kier alpha value is -12.6. The van der Waals surface area contributed by atoms with Gasteiger partial charge in [0.15, 0.2) is 0 Å². The smallest absolute Gasteiger partial charge is 0.252 e. The molecule has 18 aromatic rings. The summed E-state index contributed by atoms with van der Waals surface area (Å²) in [6.07, 6.45) is 0. The van der Waals surface area contributed by atoms with E-state index in [4.69, 9.17) is 8.83 Å². The van der Waals surface area contributed by atoms with Crippen LogP contribution in [0.5, 0.6) is 0 Å². The molecule has 3 aromatic heterocycles. The molecule has 132 heavy (non-hydrogen) atoms. The van der Waals surface area contributed by atoms with Gasteiger partial charge in [-0.25, -0.2) is 0 Å². The standard InChI is InChI=1S/C126H128BN3O2/c1-118(2,3)81-54-57-104-100(72-81)93-38-28-31-47-103(93)128(104)90-73-107-115-108(74-90)130(117-92(80-64-88(125(22,23)24)71-89(65-80)126(25,26)27)42-35-46-97(117)95-44-37-51-112-114(95)99-40-30-33-49-110(99)132-112)106-56-53-76(78-60-84(121(10,11)12)69-85(61-78)122(13,14)15)67-102(106)127(115)101-66-75(77-58-82(119(4,5)6)68-83(59-77)120(7,8)9)52-55-105(101)129(107)116-91(79-62-86(123(16,17)18)70-87(63-79)124(19,20)21)41-34-45-96(116)94-43-36-50-111-113(94)98-39-29-32-48-109(98)131-111/h28-74H,1-27H3/i28D,31D,38D,47D. The van der Waals surface area contributed by atoms with E-state index in [9.17, 15) is 5.48 Å². The van der Waals surface area contributed by atoms with Gasteiger partial charge in [-0.1, -0.05) is 405 Å². The van der Waals surface area contributed by atoms with Gasteiger partial charge in [-0.2, -0.15) is 0 Å². The van der Waals surface area contributed by atoms with Crippen LogP contribution in [0.1, 0.15) is 242 Å². The zero-order valence-electron chi connectivity index (χ0n) is 86.6. The highest BCUT2D eigenvalue weighted by atomic mass is 16.3. The van der Waals surface area contributed by atoms with E-state index in [1.807, 2.05) is 0 Å². The molecule has 0 fully saturated rings. The number of benzene rings is 15. The Labute approximate surface area is 789 Å². The van der Waals surface area contributed by atoms with Crippen molar-refractivity contribution in [2.24, 2.45) is 0 Å². The molecule has 6 heteroatoms. The molecule has 0 radical (unpaired) electrons. The Balaban J connectivity index is 1.06. The van der Waals surface area contributed by atoms with Gasteiger partial charge in [0.2, 0.25) is 0 Å². The Kier molecular flexibility index (Phi) is 19.0. The third-order valence-electron chi connectivity index (χ3n) is 28.4. The first kappa shape index (κ1) is 82.5. The van der Waals surface area contributed by atoms with Crippen molar-refractivity contribution in [3.8, 4) is 72.4 Å². The Morgan fingerprint density at radius 3 is 0.955 bits per heavy atom. The van der Waals surface area contributed by atoms with Crippen molar-refractivity contribution in [2.75, 3.05) is 9.80 Å². The fourth-order valence-corrected chi connectivity index (χ4v) is 20.5. The molecule has 0 amide bonds. The first-order chi connectivity index (χ1) is 63.8. The molecule has 15 aromatic carbocycles. The molecule has 0 spiro atoms. The number of para-hydroxylation sites is 5. The van der Waals surface area contributed by atoms with Gasteiger partial charge < -0.3 is 23.2 Å². The Morgan fingerprint density at radius 2 is 0.576 bits per heavy atom. The van der Waals surface area contributed by atoms with Crippen molar-refractivity contribution in [3.05, 3.63) is 335 Å². The molecule has 0 aliphatic carbocycles. The molecule has 0 unspecified atom stereocenters. The highest BCUT2D eigenvalue weighted by molar-refractivity contribution is 7.00. The van der Waals surface area contributed by atoms with Crippen LogP contribution in [0.15, 0.2) is 294 Å². The quantitative estimate of drug-likeness (QED) is 0.135. The summed E-state index contributed by atoms with van der Waals surface area (Å²) in [5, 5.41) is 5.23. The van der Waals surface area contributed by atoms with Crippen molar-refractivity contribution < 1.29 is 14.3 Å². The van der Waals surface area contributed by atoms with Crippen molar-refractivity contribution >= 4 is 123 Å². The number of hydrogen-bond donors (Lipinski definition) is 0. The molecule has 2 aliphatic rings. The van der Waals surface area contributed by atoms with E-state index < -0.39 is 6.71 Å². The van der Waals surface area contributed by atoms with Crippen molar-refractivity contribution in [1.82, 2.24) is 4.57 Å². The van der Waals surface area contributed by atoms with Crippen LogP contribution in [-0.2, 0) is 48.7 Å². The lowest BCUT2D eigenvalue weighted by atomic mass is 9.33. The molecular weight excluding hydrogens is 1600 g/mol. The fourth-order valence-electron chi connectivity index (χ4n) is 20.5. The largest absolute Gasteiger partial charge is 0.456 e. The van der Waals surface area contributed by atoms with Gasteiger partial charge in [0, 0.05) is 77.3 Å². The zero-order valence-corrected chi connectivity index (χ0v) is 82.6. The van der Waals surface area contributed by atoms with Crippen LogP contribution in [0.3, 0.4) is 0 Å². The molecule has 0 bridgehead atoms. The van der Waals surface area contributed by atoms with Crippen molar-refractivity contribution in [1.29, 1.82) is 0 Å². The van der Waals surface area contributed by atoms with E-state index >= 15 is 0 Å². The van der Waals surface area contributed by atoms with Crippen LogP contribution in [0.2, 0.25) is 0 Å². The number of nitrogens with zero attached hydrogens (tertiary/aromatic N) is 3. The molecule has 0 saturated heterocycles. The second-order valence-electron chi connectivity index (χ2n) is 47.2. The lowest BCUT2D eigenvalue weighted by molar-refractivity contribution is 0.568. The van der Waals surface area contributed by atoms with E-state index in [1.54, 1.807) is 0 Å². The van der Waals surface area contributed by atoms with E-state index in [0.29, 0.717) is 16.6 Å². The lowest BCUT2D eigenvalue weighted by Crippen LogP contribution is -2.61. The molecule has 5 heterocycles. The van der Waals surface area contributed by atoms with Gasteiger partial charge >= 0.3 is 0 Å². The summed E-state index contributed by atoms with van der Waals surface area (Å²) in [6.45, 7) is 62.2. The maximum Gasteiger partial charge on any atom is 0.252 e. The average molecular weight is 1730 g/mol. The fraction of sp³-hybridized carbons (Fsp3) is 0.286. The molecular formula is C126H128BN3O2. The van der Waals surface area contributed by atoms with Gasteiger partial charge in [-0.15, -0.1) is 0 Å². The summed E-state index contributed by atoms with van der Waals surface area (Å²) in [6, 6.07) is 98.9. The molecule has 2 aliphatic heterocycles. The van der Waals surface area contributed by atoms with Crippen LogP contribution < -0.4 is 26.2 Å². The van der Waals surface area contributed by atoms with Gasteiger partial charge in [-0.05, 0) is 226 Å². The van der Waals surface area contributed by atoms with Gasteiger partial charge in [0.1, 0.15) is 22.3 Å². The third kappa shape index (κ3) is 15.0. The Morgan fingerprint density at radius 1 is 0.242 bits per heavy atom. The van der Waals surface area contributed by atoms with E-state index in [2.05, 4.69) is 462 Å². The first-order valence-corrected chi connectivity index (χ1v) is 47.6. The molecule has 0 atom stereocenters. The Bertz CT molecular complexity index is 7520. The topological polar surface area (TPSA) is 37.7 Å². The summed E-state index contributed by atoms with van der Waals surface area (Å²) in [5.74, 6) is 0. The number of aromatic nitrogens is 1. The molecule has 662 valence electrons. The maximum absolute atomic E-state index is 10.7. The highest BCUT2D eigenvalue weighted by Gasteiger charge is 2.47. The van der Waals surface area contributed by atoms with Gasteiger partial charge in [-0.3, -0.25) is 0 Å². The first-order valence-electron chi connectivity index (χ1n) is 49.6. The van der Waals surface area contributed by atoms with Crippen LogP contribution in [0.4, 0.5) is 34.1 Å². The van der Waals surface area contributed by atoms with Crippen LogP contribution >= 0.6 is 0 Å². The summed E-state index contributed by atoms with van der Waals surface area (Å²) in [5.41, 5.74) is 35.2. The van der Waals surface area contributed by atoms with Crippen LogP contribution in [0.25, 0.3) is 138 Å². The molecule has 20 rings (SSSR count). The lowest BCUT2D eigenvalue weighted by Gasteiger charge is -2.46. The number of anilines is 6. The predicted molar refractivity (Wildman–Crippen MR) is 570 cm³/mol. The van der Waals surface area contributed by atoms with Crippen molar-refractivity contribution in [3.63, 3.8) is 0 Å². The summed E-state index contributed by atoms with van der Waals surface area (Å²) >= 11 is 0. The number of hydrogen-bond acceptors (Lipinski definition) is 4. The maximum atomic E-state index is 10.7. The molecule has 0 N–H and O–H groups in total. The number of rotatable bonds is 9. The summed E-state index contributed by atoms with van der Waals surface area (Å²) < 4.78 is 57.0. The van der Waals surface area contributed by atoms with Crippen LogP contribution in [-0.4, -0.2) is 11.3 Å². The normalized spacial score (nSPS) is 14.1. The summed E-state index contributed by atoms with van der Waals surface area (Å²) in [7, 11) is 0. The van der Waals surface area contributed by atoms with Crippen molar-refractivity contribution in [2.45, 2.75) is 236 Å². The minimum atomic E-state index is -0.538. The number of furan rings is 2. The van der Waals surface area contributed by atoms with Gasteiger partial charge in [0.25, 0.3) is 6.71 Å². The SMILES string of the molecule is [2H]c1c([2H])c([2H])c2c(c1[2H])c1cc(C(C)(C)C)ccc1n2-c1cc2c3c(c1)N(c1c(-c4cc(C(C)(C)C)cc(C(C)(C)C)c4)cccc1-c1cccc4oc5ccccc5c14)c1ccc(-c4cc(C(C)(C)C)cc(C(C)(C)C)c4)cc1B3c1cc(-c3cc(C(C)(C)C)cc(C(C)(C)C)c3)ccc1N2c1c(-c2cc(C(C)(C)C)cc(C(C)(C)C)c2)cccc1-c1cccc2oc3ccccc3c12. The third-order valence-corrected chi connectivity index (χ3v) is 28.4. The molecule has 0 saturated carbocycles. The average Bonchev–Trinajstić information content (AvgIpc) is 0.707.